The Bertz CT molecular complexity index is 540. The van der Waals surface area contributed by atoms with Gasteiger partial charge in [-0.25, -0.2) is 0 Å². The zero-order chi connectivity index (χ0) is 13.7. The quantitative estimate of drug-likeness (QED) is 0.478. The molecule has 0 aromatic heterocycles. The maximum atomic E-state index is 11.7. The number of nitrogens with zero attached hydrogens (tertiary/aromatic N) is 2. The molecule has 19 heavy (non-hydrogen) atoms. The van der Waals surface area contributed by atoms with Crippen molar-refractivity contribution in [2.75, 3.05) is 24.6 Å². The number of hydrogen-bond acceptors (Lipinski definition) is 4. The number of ether oxygens (including phenoxy) is 1. The van der Waals surface area contributed by atoms with E-state index in [4.69, 9.17) is 17.0 Å². The first-order chi connectivity index (χ1) is 9.22. The highest BCUT2D eigenvalue weighted by Crippen LogP contribution is 2.21. The lowest BCUT2D eigenvalue weighted by atomic mass is 10.2. The zero-order valence-corrected chi connectivity index (χ0v) is 11.2. The predicted molar refractivity (Wildman–Crippen MR) is 80.0 cm³/mol. The summed E-state index contributed by atoms with van der Waals surface area (Å²) >= 11 is 5.31. The van der Waals surface area contributed by atoms with E-state index < -0.39 is 0 Å². The summed E-state index contributed by atoms with van der Waals surface area (Å²) in [5, 5.41) is 0. The maximum Gasteiger partial charge on any atom is 0.326 e. The van der Waals surface area contributed by atoms with E-state index in [-0.39, 0.29) is 19.1 Å². The molecule has 0 bridgehead atoms. The van der Waals surface area contributed by atoms with Gasteiger partial charge in [-0.05, 0) is 6.07 Å². The largest absolute Gasteiger partial charge is 0.460 e. The van der Waals surface area contributed by atoms with E-state index in [2.05, 4.69) is 11.6 Å². The van der Waals surface area contributed by atoms with Crippen molar-refractivity contribution < 1.29 is 9.53 Å². The number of benzodiazepines with no additional fused rings is 1. The van der Waals surface area contributed by atoms with Crippen LogP contribution in [0.4, 0.5) is 5.69 Å². The molecule has 0 aliphatic carbocycles. The van der Waals surface area contributed by atoms with Gasteiger partial charge in [0.1, 0.15) is 18.1 Å². The van der Waals surface area contributed by atoms with Crippen LogP contribution in [-0.2, 0) is 9.53 Å². The Labute approximate surface area is 117 Å². The topological polar surface area (TPSA) is 41.9 Å². The van der Waals surface area contributed by atoms with E-state index in [1.807, 2.05) is 24.3 Å². The highest BCUT2D eigenvalue weighted by molar-refractivity contribution is 7.80. The first kappa shape index (κ1) is 13.4. The van der Waals surface area contributed by atoms with E-state index in [1.165, 1.54) is 6.08 Å². The van der Waals surface area contributed by atoms with Crippen LogP contribution in [0.1, 0.15) is 5.56 Å². The predicted octanol–water partition coefficient (Wildman–Crippen LogP) is 1.98. The average Bonchev–Trinajstić information content (AvgIpc) is 2.57. The Balaban J connectivity index is 2.21. The van der Waals surface area contributed by atoms with Crippen LogP contribution in [0.3, 0.4) is 0 Å². The van der Waals surface area contributed by atoms with Gasteiger partial charge in [0.2, 0.25) is 0 Å². The number of hydrogen-bond donors (Lipinski definition) is 0. The first-order valence-electron chi connectivity index (χ1n) is 5.88. The second-order valence-corrected chi connectivity index (χ2v) is 4.45. The summed E-state index contributed by atoms with van der Waals surface area (Å²) in [7, 11) is 0. The molecule has 0 spiro atoms. The van der Waals surface area contributed by atoms with Crippen LogP contribution in [-0.4, -0.2) is 36.9 Å². The number of fused-ring (bicyclic) bond motifs is 1. The van der Waals surface area contributed by atoms with Gasteiger partial charge < -0.3 is 9.64 Å². The number of rotatable bonds is 4. The number of para-hydroxylation sites is 1. The summed E-state index contributed by atoms with van der Waals surface area (Å²) in [5.41, 5.74) is 1.82. The standard InChI is InChI=1S/C14H14N2O2S/c1-2-7-18-14(17)10-16-12-6-4-3-5-11(12)8-15-9-13(16)19/h2-6,8H,1,7,9-10H2. The van der Waals surface area contributed by atoms with E-state index in [1.54, 1.807) is 11.1 Å². The van der Waals surface area contributed by atoms with E-state index in [0.717, 1.165) is 11.3 Å². The lowest BCUT2D eigenvalue weighted by Gasteiger charge is -2.23. The summed E-state index contributed by atoms with van der Waals surface area (Å²) in [6.07, 6.45) is 3.31. The smallest absolute Gasteiger partial charge is 0.326 e. The molecule has 1 aliphatic rings. The van der Waals surface area contributed by atoms with Crippen molar-refractivity contribution in [3.05, 3.63) is 42.5 Å². The number of carbonyl (C=O) groups excluding carboxylic acids is 1. The van der Waals surface area contributed by atoms with Gasteiger partial charge in [-0.2, -0.15) is 0 Å². The minimum absolute atomic E-state index is 0.0903. The van der Waals surface area contributed by atoms with E-state index in [9.17, 15) is 4.79 Å². The Morgan fingerprint density at radius 2 is 2.32 bits per heavy atom. The lowest BCUT2D eigenvalue weighted by molar-refractivity contribution is -0.140. The Kier molecular flexibility index (Phi) is 4.41. The van der Waals surface area contributed by atoms with Crippen molar-refractivity contribution in [1.82, 2.24) is 0 Å². The number of anilines is 1. The molecule has 0 unspecified atom stereocenters. The summed E-state index contributed by atoms with van der Waals surface area (Å²) in [5.74, 6) is -0.334. The monoisotopic (exact) mass is 274 g/mol. The Morgan fingerprint density at radius 3 is 3.11 bits per heavy atom. The van der Waals surface area contributed by atoms with Crippen molar-refractivity contribution in [1.29, 1.82) is 0 Å². The number of esters is 1. The fourth-order valence-corrected chi connectivity index (χ4v) is 2.02. The molecule has 2 rings (SSSR count). The Morgan fingerprint density at radius 1 is 1.53 bits per heavy atom. The molecule has 0 saturated heterocycles. The van der Waals surface area contributed by atoms with Crippen LogP contribution < -0.4 is 4.90 Å². The highest BCUT2D eigenvalue weighted by Gasteiger charge is 2.20. The molecule has 0 saturated carbocycles. The van der Waals surface area contributed by atoms with Gasteiger partial charge in [-0.3, -0.25) is 9.79 Å². The normalized spacial score (nSPS) is 13.7. The highest BCUT2D eigenvalue weighted by atomic mass is 32.1. The molecule has 1 aromatic carbocycles. The molecule has 1 aromatic rings. The van der Waals surface area contributed by atoms with Gasteiger partial charge in [0, 0.05) is 11.8 Å². The summed E-state index contributed by atoms with van der Waals surface area (Å²) in [6.45, 7) is 4.21. The summed E-state index contributed by atoms with van der Waals surface area (Å²) in [4.78, 5) is 18.3. The molecular weight excluding hydrogens is 260 g/mol. The molecule has 0 N–H and O–H groups in total. The second kappa shape index (κ2) is 6.24. The van der Waals surface area contributed by atoms with Crippen molar-refractivity contribution in [2.24, 2.45) is 4.99 Å². The Hall–Kier alpha value is -2.01. The minimum Gasteiger partial charge on any atom is -0.460 e. The van der Waals surface area contributed by atoms with Gasteiger partial charge in [-0.15, -0.1) is 0 Å². The molecule has 0 fully saturated rings. The van der Waals surface area contributed by atoms with Gasteiger partial charge >= 0.3 is 5.97 Å². The maximum absolute atomic E-state index is 11.7. The minimum atomic E-state index is -0.334. The molecule has 5 heteroatoms. The van der Waals surface area contributed by atoms with E-state index in [0.29, 0.717) is 11.5 Å². The molecule has 0 atom stereocenters. The SMILES string of the molecule is C=CCOC(=O)CN1C(=S)CN=Cc2ccccc21. The molecule has 0 amide bonds. The number of thiocarbonyl (C=S) groups is 1. The van der Waals surface area contributed by atoms with Crippen LogP contribution >= 0.6 is 12.2 Å². The van der Waals surface area contributed by atoms with Gasteiger partial charge in [0.25, 0.3) is 0 Å². The van der Waals surface area contributed by atoms with Crippen molar-refractivity contribution in [3.8, 4) is 0 Å². The second-order valence-electron chi connectivity index (χ2n) is 3.98. The van der Waals surface area contributed by atoms with E-state index >= 15 is 0 Å². The van der Waals surface area contributed by atoms with Gasteiger partial charge in [0.15, 0.2) is 0 Å². The van der Waals surface area contributed by atoms with Crippen LogP contribution in [0.5, 0.6) is 0 Å². The lowest BCUT2D eigenvalue weighted by Crippen LogP contribution is -2.36. The summed E-state index contributed by atoms with van der Waals surface area (Å²) in [6, 6.07) is 7.69. The first-order valence-corrected chi connectivity index (χ1v) is 6.29. The fourth-order valence-electron chi connectivity index (χ4n) is 1.78. The molecular formula is C14H14N2O2S. The van der Waals surface area contributed by atoms with Crippen molar-refractivity contribution in [3.63, 3.8) is 0 Å². The fraction of sp³-hybridized carbons (Fsp3) is 0.214. The van der Waals surface area contributed by atoms with Crippen LogP contribution in [0.15, 0.2) is 41.9 Å². The summed E-state index contributed by atoms with van der Waals surface area (Å²) < 4.78 is 5.00. The third-order valence-corrected chi connectivity index (χ3v) is 2.98. The third-order valence-electron chi connectivity index (χ3n) is 2.63. The van der Waals surface area contributed by atoms with Crippen LogP contribution in [0.2, 0.25) is 0 Å². The number of aliphatic imine (C=N–C) groups is 1. The molecule has 98 valence electrons. The van der Waals surface area contributed by atoms with Crippen LogP contribution in [0, 0.1) is 0 Å². The molecule has 1 aliphatic heterocycles. The zero-order valence-electron chi connectivity index (χ0n) is 10.4. The molecule has 0 radical (unpaired) electrons. The van der Waals surface area contributed by atoms with Crippen molar-refractivity contribution in [2.45, 2.75) is 0 Å². The van der Waals surface area contributed by atoms with Crippen LogP contribution in [0.25, 0.3) is 0 Å². The number of benzene rings is 1. The third kappa shape index (κ3) is 3.26. The molecule has 1 heterocycles. The molecule has 4 nitrogen and oxygen atoms in total. The van der Waals surface area contributed by atoms with Gasteiger partial charge in [0.05, 0.1) is 12.2 Å². The van der Waals surface area contributed by atoms with Gasteiger partial charge in [-0.1, -0.05) is 43.1 Å². The van der Waals surface area contributed by atoms with Crippen molar-refractivity contribution >= 4 is 35.1 Å². The average molecular weight is 274 g/mol. The number of carbonyl (C=O) groups is 1.